The Morgan fingerprint density at radius 2 is 1.73 bits per heavy atom. The summed E-state index contributed by atoms with van der Waals surface area (Å²) in [6.45, 7) is 7.88. The van der Waals surface area contributed by atoms with Crippen molar-refractivity contribution in [3.63, 3.8) is 0 Å². The maximum absolute atomic E-state index is 13.0. The van der Waals surface area contributed by atoms with Gasteiger partial charge in [0.1, 0.15) is 11.6 Å². The minimum Gasteiger partial charge on any atom is -0.348 e. The van der Waals surface area contributed by atoms with E-state index in [0.29, 0.717) is 11.1 Å². The molecule has 7 heteroatoms. The number of rotatable bonds is 9. The number of amides is 2. The van der Waals surface area contributed by atoms with Crippen LogP contribution in [0.15, 0.2) is 47.1 Å². The first-order valence-electron chi connectivity index (χ1n) is 11.4. The Hall–Kier alpha value is -3.24. The molecule has 6 nitrogen and oxygen atoms in total. The molecule has 0 N–H and O–H groups in total. The summed E-state index contributed by atoms with van der Waals surface area (Å²) < 4.78 is 0. The summed E-state index contributed by atoms with van der Waals surface area (Å²) in [5.74, 6) is -0.963. The van der Waals surface area contributed by atoms with E-state index in [0.717, 1.165) is 64.9 Å². The van der Waals surface area contributed by atoms with E-state index in [1.165, 1.54) is 7.05 Å². The summed E-state index contributed by atoms with van der Waals surface area (Å²) >= 11 is 1.55. The molecule has 0 spiro atoms. The third-order valence-corrected chi connectivity index (χ3v) is 6.81. The van der Waals surface area contributed by atoms with Crippen molar-refractivity contribution in [2.45, 2.75) is 46.5 Å². The van der Waals surface area contributed by atoms with Crippen LogP contribution in [0, 0.1) is 11.3 Å². The van der Waals surface area contributed by atoms with Crippen molar-refractivity contribution in [1.29, 1.82) is 5.26 Å². The van der Waals surface area contributed by atoms with Crippen LogP contribution in [0.25, 0.3) is 17.3 Å². The van der Waals surface area contributed by atoms with E-state index in [1.807, 2.05) is 36.4 Å². The third kappa shape index (κ3) is 5.23. The topological polar surface area (TPSA) is 77.3 Å². The zero-order valence-corrected chi connectivity index (χ0v) is 20.5. The number of nitrogens with zero attached hydrogens (tertiary/aromatic N) is 4. The molecule has 0 saturated carbocycles. The van der Waals surface area contributed by atoms with Crippen molar-refractivity contribution in [1.82, 2.24) is 9.88 Å². The van der Waals surface area contributed by atoms with Gasteiger partial charge >= 0.3 is 0 Å². The highest BCUT2D eigenvalue weighted by atomic mass is 32.1. The first-order valence-corrected chi connectivity index (χ1v) is 12.2. The van der Waals surface area contributed by atoms with Gasteiger partial charge in [0.2, 0.25) is 0 Å². The highest BCUT2D eigenvalue weighted by Gasteiger charge is 2.33. The number of imide groups is 1. The second-order valence-corrected chi connectivity index (χ2v) is 9.12. The molecule has 1 aromatic carbocycles. The number of hydrogen-bond acceptors (Lipinski definition) is 6. The Balaban J connectivity index is 2.16. The summed E-state index contributed by atoms with van der Waals surface area (Å²) in [4.78, 5) is 34.5. The van der Waals surface area contributed by atoms with Gasteiger partial charge in [-0.2, -0.15) is 5.26 Å². The Morgan fingerprint density at radius 3 is 2.30 bits per heavy atom. The van der Waals surface area contributed by atoms with Crippen LogP contribution in [0.5, 0.6) is 0 Å². The van der Waals surface area contributed by atoms with Gasteiger partial charge < -0.3 is 4.90 Å². The van der Waals surface area contributed by atoms with Crippen LogP contribution in [-0.2, 0) is 9.59 Å². The summed E-state index contributed by atoms with van der Waals surface area (Å²) in [5.41, 5.74) is 2.54. The number of carbonyl (C=O) groups is 2. The molecule has 172 valence electrons. The summed E-state index contributed by atoms with van der Waals surface area (Å²) in [5, 5.41) is 10.4. The lowest BCUT2D eigenvalue weighted by Crippen LogP contribution is -2.39. The zero-order chi connectivity index (χ0) is 24.0. The number of unbranched alkanes of at least 4 members (excludes halogenated alkanes) is 2. The van der Waals surface area contributed by atoms with Crippen molar-refractivity contribution < 1.29 is 9.59 Å². The van der Waals surface area contributed by atoms with Gasteiger partial charge in [0.05, 0.1) is 10.6 Å². The average molecular weight is 463 g/mol. The van der Waals surface area contributed by atoms with E-state index in [9.17, 15) is 14.9 Å². The van der Waals surface area contributed by atoms with Crippen molar-refractivity contribution in [3.8, 4) is 17.3 Å². The number of aromatic nitrogens is 1. The van der Waals surface area contributed by atoms with E-state index in [2.05, 4.69) is 18.7 Å². The predicted molar refractivity (Wildman–Crippen MR) is 134 cm³/mol. The van der Waals surface area contributed by atoms with Crippen LogP contribution in [0.2, 0.25) is 0 Å². The van der Waals surface area contributed by atoms with Crippen LogP contribution in [0.1, 0.15) is 51.3 Å². The largest absolute Gasteiger partial charge is 0.348 e. The molecule has 0 aliphatic carbocycles. The highest BCUT2D eigenvalue weighted by Crippen LogP contribution is 2.37. The van der Waals surface area contributed by atoms with Gasteiger partial charge in [0.25, 0.3) is 11.8 Å². The highest BCUT2D eigenvalue weighted by molar-refractivity contribution is 7.17. The number of likely N-dealkylation sites (N-methyl/N-ethyl adjacent to an activating group) is 1. The monoisotopic (exact) mass is 462 g/mol. The molecule has 33 heavy (non-hydrogen) atoms. The standard InChI is InChI=1S/C26H30N4O2S/c1-5-7-14-30(15-8-6-2)26-28-23(19-12-10-9-11-13-19)22(33-26)16-20-18(3)21(17-27)25(32)29(4)24(20)31/h9-13,16H,5-8,14-15H2,1-4H3/b20-16-. The predicted octanol–water partition coefficient (Wildman–Crippen LogP) is 5.44. The molecule has 1 aliphatic rings. The zero-order valence-electron chi connectivity index (χ0n) is 19.7. The number of anilines is 1. The number of benzene rings is 1. The molecule has 2 amide bonds. The molecule has 3 rings (SSSR count). The van der Waals surface area contributed by atoms with Gasteiger partial charge in [0.15, 0.2) is 5.13 Å². The average Bonchev–Trinajstić information content (AvgIpc) is 3.25. The van der Waals surface area contributed by atoms with Crippen molar-refractivity contribution in [2.24, 2.45) is 0 Å². The van der Waals surface area contributed by atoms with E-state index >= 15 is 0 Å². The van der Waals surface area contributed by atoms with Gasteiger partial charge in [-0.3, -0.25) is 14.5 Å². The first kappa shape index (κ1) is 24.4. The second kappa shape index (κ2) is 11.1. The lowest BCUT2D eigenvalue weighted by Gasteiger charge is -2.23. The van der Waals surface area contributed by atoms with Crippen LogP contribution < -0.4 is 4.90 Å². The number of thiazole rings is 1. The normalized spacial score (nSPS) is 15.4. The molecular formula is C26H30N4O2S. The minimum absolute atomic E-state index is 0.00173. The minimum atomic E-state index is -0.560. The lowest BCUT2D eigenvalue weighted by molar-refractivity contribution is -0.138. The van der Waals surface area contributed by atoms with Crippen LogP contribution in [0.3, 0.4) is 0 Å². The molecule has 0 fully saturated rings. The molecule has 0 atom stereocenters. The van der Waals surface area contributed by atoms with Gasteiger partial charge in [-0.1, -0.05) is 68.4 Å². The van der Waals surface area contributed by atoms with Gasteiger partial charge in [-0.25, -0.2) is 4.98 Å². The van der Waals surface area contributed by atoms with Gasteiger partial charge in [0, 0.05) is 31.3 Å². The molecule has 0 saturated heterocycles. The van der Waals surface area contributed by atoms with Crippen LogP contribution in [-0.4, -0.2) is 41.8 Å². The lowest BCUT2D eigenvalue weighted by atomic mass is 9.95. The maximum Gasteiger partial charge on any atom is 0.271 e. The summed E-state index contributed by atoms with van der Waals surface area (Å²) in [7, 11) is 1.41. The fourth-order valence-electron chi connectivity index (χ4n) is 3.69. The third-order valence-electron chi connectivity index (χ3n) is 5.74. The molecule has 0 radical (unpaired) electrons. The number of nitriles is 1. The number of carbonyl (C=O) groups excluding carboxylic acids is 2. The molecule has 2 aromatic rings. The van der Waals surface area contributed by atoms with E-state index in [-0.39, 0.29) is 5.57 Å². The fourth-order valence-corrected chi connectivity index (χ4v) is 4.77. The summed E-state index contributed by atoms with van der Waals surface area (Å²) in [6, 6.07) is 11.9. The van der Waals surface area contributed by atoms with E-state index in [4.69, 9.17) is 4.98 Å². The smallest absolute Gasteiger partial charge is 0.271 e. The Bertz CT molecular complexity index is 1120. The molecule has 0 bridgehead atoms. The SMILES string of the molecule is CCCCN(CCCC)c1nc(-c2ccccc2)c(/C=C2\C(=O)N(C)C(=O)C(C#N)=C2C)s1. The van der Waals surface area contributed by atoms with Crippen LogP contribution in [0.4, 0.5) is 5.13 Å². The van der Waals surface area contributed by atoms with Crippen molar-refractivity contribution in [2.75, 3.05) is 25.0 Å². The maximum atomic E-state index is 13.0. The second-order valence-electron chi connectivity index (χ2n) is 8.11. The van der Waals surface area contributed by atoms with Crippen LogP contribution >= 0.6 is 11.3 Å². The Morgan fingerprint density at radius 1 is 1.09 bits per heavy atom. The van der Waals surface area contributed by atoms with E-state index in [1.54, 1.807) is 24.3 Å². The van der Waals surface area contributed by atoms with Crippen molar-refractivity contribution in [3.05, 3.63) is 51.9 Å². The van der Waals surface area contributed by atoms with Crippen molar-refractivity contribution >= 4 is 34.4 Å². The first-order chi connectivity index (χ1) is 15.9. The molecule has 2 heterocycles. The fraction of sp³-hybridized carbons (Fsp3) is 0.385. The summed E-state index contributed by atoms with van der Waals surface area (Å²) in [6.07, 6.45) is 6.16. The van der Waals surface area contributed by atoms with Gasteiger partial charge in [-0.05, 0) is 31.4 Å². The Kier molecular flexibility index (Phi) is 8.18. The van der Waals surface area contributed by atoms with Gasteiger partial charge in [-0.15, -0.1) is 0 Å². The number of hydrogen-bond donors (Lipinski definition) is 0. The molecule has 1 aromatic heterocycles. The molecular weight excluding hydrogens is 432 g/mol. The van der Waals surface area contributed by atoms with E-state index < -0.39 is 11.8 Å². The molecule has 1 aliphatic heterocycles. The quantitative estimate of drug-likeness (QED) is 0.366. The Labute approximate surface area is 199 Å². The molecule has 0 unspecified atom stereocenters.